The summed E-state index contributed by atoms with van der Waals surface area (Å²) in [6.45, 7) is 11.1. The molecule has 2 aromatic rings. The Hall–Kier alpha value is -2.14. The fourth-order valence-corrected chi connectivity index (χ4v) is 4.15. The first-order valence-corrected chi connectivity index (χ1v) is 10.2. The van der Waals surface area contributed by atoms with E-state index in [1.165, 1.54) is 6.07 Å². The molecule has 1 saturated heterocycles. The maximum Gasteiger partial charge on any atom is 0.225 e. The lowest BCUT2D eigenvalue weighted by atomic mass is 9.88. The van der Waals surface area contributed by atoms with E-state index in [0.29, 0.717) is 6.54 Å². The number of likely N-dealkylation sites (tertiary alicyclic amines) is 1. The molecular formula is C23H31FN2O2. The van der Waals surface area contributed by atoms with E-state index in [-0.39, 0.29) is 35.5 Å². The van der Waals surface area contributed by atoms with Gasteiger partial charge in [-0.25, -0.2) is 4.39 Å². The van der Waals surface area contributed by atoms with Gasteiger partial charge in [0.05, 0.1) is 12.8 Å². The van der Waals surface area contributed by atoms with Gasteiger partial charge in [0.2, 0.25) is 5.91 Å². The smallest absolute Gasteiger partial charge is 0.225 e. The molecule has 0 unspecified atom stereocenters. The van der Waals surface area contributed by atoms with Gasteiger partial charge in [-0.2, -0.15) is 0 Å². The zero-order valence-corrected chi connectivity index (χ0v) is 17.3. The van der Waals surface area contributed by atoms with Crippen LogP contribution < -0.4 is 0 Å². The molecule has 1 aliphatic heterocycles. The SMILES string of the molecule is CC(C)C(=O)N(C[C@@H]1CN(Cc2ccco2)C[C@H]1c1cccc(F)c1)C(C)C. The summed E-state index contributed by atoms with van der Waals surface area (Å²) in [5.41, 5.74) is 1.01. The zero-order valence-electron chi connectivity index (χ0n) is 17.3. The van der Waals surface area contributed by atoms with Crippen LogP contribution in [0.4, 0.5) is 4.39 Å². The van der Waals surface area contributed by atoms with Crippen molar-refractivity contribution in [2.24, 2.45) is 11.8 Å². The molecule has 2 atom stereocenters. The van der Waals surface area contributed by atoms with Gasteiger partial charge in [0.15, 0.2) is 0 Å². The monoisotopic (exact) mass is 386 g/mol. The molecule has 28 heavy (non-hydrogen) atoms. The first-order chi connectivity index (χ1) is 13.3. The van der Waals surface area contributed by atoms with E-state index in [9.17, 15) is 9.18 Å². The number of halogens is 1. The lowest BCUT2D eigenvalue weighted by Gasteiger charge is -2.33. The summed E-state index contributed by atoms with van der Waals surface area (Å²) >= 11 is 0. The molecule has 152 valence electrons. The van der Waals surface area contributed by atoms with E-state index in [4.69, 9.17) is 4.42 Å². The molecule has 1 aromatic heterocycles. The Balaban J connectivity index is 1.82. The Bertz CT molecular complexity index is 773. The van der Waals surface area contributed by atoms with Gasteiger partial charge in [-0.1, -0.05) is 26.0 Å². The molecule has 0 N–H and O–H groups in total. The summed E-state index contributed by atoms with van der Waals surface area (Å²) in [6.07, 6.45) is 1.69. The Labute approximate surface area is 167 Å². The van der Waals surface area contributed by atoms with Crippen molar-refractivity contribution >= 4 is 5.91 Å². The van der Waals surface area contributed by atoms with E-state index >= 15 is 0 Å². The summed E-state index contributed by atoms with van der Waals surface area (Å²) < 4.78 is 19.4. The van der Waals surface area contributed by atoms with Gasteiger partial charge in [0.25, 0.3) is 0 Å². The van der Waals surface area contributed by atoms with Crippen molar-refractivity contribution in [2.75, 3.05) is 19.6 Å². The van der Waals surface area contributed by atoms with Crippen LogP contribution in [0.5, 0.6) is 0 Å². The summed E-state index contributed by atoms with van der Waals surface area (Å²) in [7, 11) is 0. The molecule has 4 nitrogen and oxygen atoms in total. The van der Waals surface area contributed by atoms with E-state index in [1.807, 2.05) is 36.9 Å². The highest BCUT2D eigenvalue weighted by Crippen LogP contribution is 2.35. The molecule has 0 saturated carbocycles. The summed E-state index contributed by atoms with van der Waals surface area (Å²) in [5.74, 6) is 1.30. The third-order valence-electron chi connectivity index (χ3n) is 5.58. The zero-order chi connectivity index (χ0) is 20.3. The Morgan fingerprint density at radius 3 is 2.61 bits per heavy atom. The highest BCUT2D eigenvalue weighted by atomic mass is 19.1. The molecule has 0 radical (unpaired) electrons. The van der Waals surface area contributed by atoms with Gasteiger partial charge < -0.3 is 9.32 Å². The largest absolute Gasteiger partial charge is 0.468 e. The van der Waals surface area contributed by atoms with Crippen LogP contribution in [0.25, 0.3) is 0 Å². The van der Waals surface area contributed by atoms with Crippen molar-refractivity contribution in [3.8, 4) is 0 Å². The second-order valence-corrected chi connectivity index (χ2v) is 8.43. The van der Waals surface area contributed by atoms with E-state index in [2.05, 4.69) is 18.7 Å². The number of hydrogen-bond donors (Lipinski definition) is 0. The molecule has 1 aliphatic rings. The van der Waals surface area contributed by atoms with Crippen LogP contribution in [0, 0.1) is 17.7 Å². The first-order valence-electron chi connectivity index (χ1n) is 10.2. The van der Waals surface area contributed by atoms with Crippen molar-refractivity contribution in [2.45, 2.75) is 46.2 Å². The topological polar surface area (TPSA) is 36.7 Å². The molecule has 3 rings (SSSR count). The molecular weight excluding hydrogens is 355 g/mol. The van der Waals surface area contributed by atoms with Crippen LogP contribution in [-0.4, -0.2) is 41.4 Å². The third-order valence-corrected chi connectivity index (χ3v) is 5.58. The van der Waals surface area contributed by atoms with Crippen molar-refractivity contribution in [3.05, 3.63) is 59.8 Å². The van der Waals surface area contributed by atoms with Crippen LogP contribution in [0.15, 0.2) is 47.1 Å². The molecule has 2 heterocycles. The molecule has 0 bridgehead atoms. The van der Waals surface area contributed by atoms with Crippen molar-refractivity contribution in [3.63, 3.8) is 0 Å². The lowest BCUT2D eigenvalue weighted by molar-refractivity contribution is -0.136. The maximum absolute atomic E-state index is 13.9. The minimum Gasteiger partial charge on any atom is -0.468 e. The fraction of sp³-hybridized carbons (Fsp3) is 0.522. The number of furan rings is 1. The average Bonchev–Trinajstić information content (AvgIpc) is 3.29. The van der Waals surface area contributed by atoms with Gasteiger partial charge in [-0.05, 0) is 49.6 Å². The maximum atomic E-state index is 13.9. The lowest BCUT2D eigenvalue weighted by Crippen LogP contribution is -2.43. The number of carbonyl (C=O) groups is 1. The van der Waals surface area contributed by atoms with Crippen LogP contribution in [-0.2, 0) is 11.3 Å². The summed E-state index contributed by atoms with van der Waals surface area (Å²) in [4.78, 5) is 17.1. The second-order valence-electron chi connectivity index (χ2n) is 8.43. The van der Waals surface area contributed by atoms with E-state index in [0.717, 1.165) is 31.0 Å². The number of carbonyl (C=O) groups excluding carboxylic acids is 1. The van der Waals surface area contributed by atoms with Crippen LogP contribution in [0.1, 0.15) is 44.9 Å². The van der Waals surface area contributed by atoms with Gasteiger partial charge in [-0.15, -0.1) is 0 Å². The van der Waals surface area contributed by atoms with E-state index < -0.39 is 0 Å². The highest BCUT2D eigenvalue weighted by Gasteiger charge is 2.37. The Morgan fingerprint density at radius 1 is 1.21 bits per heavy atom. The normalized spacial score (nSPS) is 20.2. The van der Waals surface area contributed by atoms with Crippen molar-refractivity contribution < 1.29 is 13.6 Å². The van der Waals surface area contributed by atoms with Gasteiger partial charge in [-0.3, -0.25) is 9.69 Å². The molecule has 1 fully saturated rings. The molecule has 1 amide bonds. The van der Waals surface area contributed by atoms with Crippen molar-refractivity contribution in [1.29, 1.82) is 0 Å². The second kappa shape index (κ2) is 8.91. The van der Waals surface area contributed by atoms with E-state index in [1.54, 1.807) is 18.4 Å². The van der Waals surface area contributed by atoms with Gasteiger partial charge >= 0.3 is 0 Å². The Morgan fingerprint density at radius 2 is 2.00 bits per heavy atom. The standard InChI is InChI=1S/C23H31FN2O2/c1-16(2)23(27)26(17(3)4)13-19-12-25(14-21-9-6-10-28-21)15-22(19)18-7-5-8-20(24)11-18/h5-11,16-17,19,22H,12-15H2,1-4H3/t19-,22-/m0/s1. The molecule has 1 aromatic carbocycles. The minimum atomic E-state index is -0.209. The number of nitrogens with zero attached hydrogens (tertiary/aromatic N) is 2. The first kappa shape index (κ1) is 20.6. The predicted octanol–water partition coefficient (Wildman–Crippen LogP) is 4.53. The summed E-state index contributed by atoms with van der Waals surface area (Å²) in [5, 5.41) is 0. The number of benzene rings is 1. The summed E-state index contributed by atoms with van der Waals surface area (Å²) in [6, 6.07) is 10.9. The predicted molar refractivity (Wildman–Crippen MR) is 108 cm³/mol. The minimum absolute atomic E-state index is 0.0318. The Kier molecular flexibility index (Phi) is 6.55. The average molecular weight is 387 g/mol. The van der Waals surface area contributed by atoms with Gasteiger partial charge in [0, 0.05) is 37.5 Å². The number of rotatable bonds is 7. The van der Waals surface area contributed by atoms with Crippen LogP contribution in [0.2, 0.25) is 0 Å². The van der Waals surface area contributed by atoms with Crippen LogP contribution >= 0.6 is 0 Å². The van der Waals surface area contributed by atoms with Crippen molar-refractivity contribution in [1.82, 2.24) is 9.80 Å². The van der Waals surface area contributed by atoms with Gasteiger partial charge in [0.1, 0.15) is 11.6 Å². The number of amides is 1. The highest BCUT2D eigenvalue weighted by molar-refractivity contribution is 5.78. The quantitative estimate of drug-likeness (QED) is 0.702. The number of hydrogen-bond acceptors (Lipinski definition) is 3. The van der Waals surface area contributed by atoms with Crippen LogP contribution in [0.3, 0.4) is 0 Å². The molecule has 5 heteroatoms. The molecule has 0 spiro atoms. The third kappa shape index (κ3) is 4.82. The fourth-order valence-electron chi connectivity index (χ4n) is 4.15. The molecule has 0 aliphatic carbocycles.